The number of nitrogens with one attached hydrogen (secondary N) is 2. The van der Waals surface area contributed by atoms with Crippen LogP contribution in [0.15, 0.2) is 36.5 Å². The van der Waals surface area contributed by atoms with Gasteiger partial charge in [0.05, 0.1) is 47.7 Å². The van der Waals surface area contributed by atoms with Crippen molar-refractivity contribution in [3.05, 3.63) is 63.5 Å². The van der Waals surface area contributed by atoms with Gasteiger partial charge in [-0.25, -0.2) is 14.3 Å². The van der Waals surface area contributed by atoms with Crippen molar-refractivity contribution in [2.75, 3.05) is 45.2 Å². The van der Waals surface area contributed by atoms with Crippen LogP contribution in [0.25, 0.3) is 11.3 Å². The van der Waals surface area contributed by atoms with Crippen LogP contribution in [0.3, 0.4) is 0 Å². The first-order valence-corrected chi connectivity index (χ1v) is 15.9. The van der Waals surface area contributed by atoms with E-state index in [1.807, 2.05) is 27.7 Å². The summed E-state index contributed by atoms with van der Waals surface area (Å²) in [5.41, 5.74) is 1.04. The van der Waals surface area contributed by atoms with Crippen molar-refractivity contribution in [2.45, 2.75) is 65.5 Å². The molecule has 0 bridgehead atoms. The Labute approximate surface area is 285 Å². The number of carbonyl (C=O) groups excluding carboxylic acids is 2. The van der Waals surface area contributed by atoms with Crippen LogP contribution in [0.4, 0.5) is 16.2 Å². The van der Waals surface area contributed by atoms with Gasteiger partial charge in [-0.15, -0.1) is 0 Å². The number of amides is 1. The van der Waals surface area contributed by atoms with E-state index in [0.29, 0.717) is 62.8 Å². The number of benzene rings is 1. The number of nitro groups is 1. The van der Waals surface area contributed by atoms with Gasteiger partial charge in [-0.2, -0.15) is 5.10 Å². The fourth-order valence-electron chi connectivity index (χ4n) is 5.45. The number of rotatable bonds is 13. The smallest absolute Gasteiger partial charge is 0.410 e. The van der Waals surface area contributed by atoms with Crippen LogP contribution < -0.4 is 15.4 Å². The third kappa shape index (κ3) is 9.66. The maximum atomic E-state index is 12.9. The number of aromatic nitrogens is 3. The van der Waals surface area contributed by atoms with E-state index in [1.165, 1.54) is 36.2 Å². The van der Waals surface area contributed by atoms with Crippen LogP contribution in [-0.2, 0) is 22.9 Å². The van der Waals surface area contributed by atoms with Gasteiger partial charge < -0.3 is 29.7 Å². The van der Waals surface area contributed by atoms with Gasteiger partial charge in [0.2, 0.25) is 5.88 Å². The Morgan fingerprint density at radius 3 is 2.77 bits per heavy atom. The summed E-state index contributed by atoms with van der Waals surface area (Å²) in [6.45, 7) is 7.48. The van der Waals surface area contributed by atoms with E-state index in [9.17, 15) is 19.7 Å². The molecule has 1 amide bonds. The molecule has 1 aliphatic heterocycles. The standard InChI is InChI=1S/C34H47N7O7/c1-22(9-8-14-47-31-27(21-37-39(31)6)28-18-25(32(42)46-7)15-23(2)38-28)19-36-29-17-24(10-11-30(29)41(44)45)16-26-20-35-12-13-40(26)33(43)48-34(3,4)5/h10-11,15,17-18,21-22,26,35-36H,8-9,12-14,16,19-20H2,1-7H3/i2D3. The van der Waals surface area contributed by atoms with Crippen LogP contribution in [0.1, 0.15) is 66.3 Å². The Morgan fingerprint density at radius 1 is 1.27 bits per heavy atom. The molecular weight excluding hydrogens is 618 g/mol. The molecule has 3 aromatic rings. The highest BCUT2D eigenvalue weighted by molar-refractivity contribution is 5.90. The van der Waals surface area contributed by atoms with E-state index < -0.39 is 23.3 Å². The summed E-state index contributed by atoms with van der Waals surface area (Å²) in [4.78, 5) is 42.6. The molecule has 3 heterocycles. The minimum absolute atomic E-state index is 0.0321. The first-order chi connectivity index (χ1) is 24.0. The molecule has 14 nitrogen and oxygen atoms in total. The third-order valence-corrected chi connectivity index (χ3v) is 7.83. The molecular formula is C34H47N7O7. The lowest BCUT2D eigenvalue weighted by molar-refractivity contribution is -0.384. The van der Waals surface area contributed by atoms with E-state index in [-0.39, 0.29) is 40.7 Å². The van der Waals surface area contributed by atoms with Gasteiger partial charge in [-0.1, -0.05) is 13.0 Å². The zero-order chi connectivity index (χ0) is 37.5. The fourth-order valence-corrected chi connectivity index (χ4v) is 5.45. The lowest BCUT2D eigenvalue weighted by Gasteiger charge is -2.37. The van der Waals surface area contributed by atoms with Crippen molar-refractivity contribution in [3.8, 4) is 17.1 Å². The van der Waals surface area contributed by atoms with E-state index in [0.717, 1.165) is 12.0 Å². The molecule has 0 saturated carbocycles. The number of hydrogen-bond donors (Lipinski definition) is 2. The Balaban J connectivity index is 1.37. The molecule has 0 aliphatic carbocycles. The number of methoxy groups -OCH3 is 1. The molecule has 1 fully saturated rings. The lowest BCUT2D eigenvalue weighted by Crippen LogP contribution is -2.55. The molecule has 48 heavy (non-hydrogen) atoms. The highest BCUT2D eigenvalue weighted by atomic mass is 16.6. The Bertz CT molecular complexity index is 1710. The van der Waals surface area contributed by atoms with Crippen LogP contribution in [0.2, 0.25) is 0 Å². The van der Waals surface area contributed by atoms with E-state index >= 15 is 0 Å². The Morgan fingerprint density at radius 2 is 2.06 bits per heavy atom. The second-order valence-corrected chi connectivity index (χ2v) is 12.9. The number of anilines is 1. The first kappa shape index (κ1) is 31.9. The van der Waals surface area contributed by atoms with Crippen LogP contribution in [-0.4, -0.2) is 88.2 Å². The van der Waals surface area contributed by atoms with Gasteiger partial charge in [0, 0.05) is 49.1 Å². The van der Waals surface area contributed by atoms with Crippen molar-refractivity contribution in [1.82, 2.24) is 25.0 Å². The monoisotopic (exact) mass is 668 g/mol. The van der Waals surface area contributed by atoms with E-state index in [2.05, 4.69) is 20.7 Å². The average Bonchev–Trinajstić information content (AvgIpc) is 3.43. The van der Waals surface area contributed by atoms with Crippen molar-refractivity contribution in [3.63, 3.8) is 0 Å². The predicted octanol–water partition coefficient (Wildman–Crippen LogP) is 5.14. The number of pyridine rings is 1. The summed E-state index contributed by atoms with van der Waals surface area (Å²) in [6.07, 6.45) is 2.99. The van der Waals surface area contributed by atoms with Crippen LogP contribution in [0, 0.1) is 22.9 Å². The molecule has 0 radical (unpaired) electrons. The average molecular weight is 669 g/mol. The number of piperazine rings is 1. The quantitative estimate of drug-likeness (QED) is 0.107. The topological polar surface area (TPSA) is 163 Å². The van der Waals surface area contributed by atoms with Gasteiger partial charge in [0.15, 0.2) is 0 Å². The molecule has 1 aromatic carbocycles. The molecule has 2 atom stereocenters. The number of carbonyl (C=O) groups is 2. The number of hydrogen-bond acceptors (Lipinski definition) is 11. The summed E-state index contributed by atoms with van der Waals surface area (Å²) in [5.74, 6) is -0.215. The molecule has 14 heteroatoms. The van der Waals surface area contributed by atoms with Crippen LogP contribution in [0.5, 0.6) is 5.88 Å². The normalized spacial score (nSPS) is 16.7. The summed E-state index contributed by atoms with van der Waals surface area (Å²) < 4.78 is 41.4. The zero-order valence-corrected chi connectivity index (χ0v) is 28.4. The zero-order valence-electron chi connectivity index (χ0n) is 31.4. The summed E-state index contributed by atoms with van der Waals surface area (Å²) >= 11 is 0. The van der Waals surface area contributed by atoms with Crippen molar-refractivity contribution < 1.29 is 32.8 Å². The third-order valence-electron chi connectivity index (χ3n) is 7.83. The van der Waals surface area contributed by atoms with Gasteiger partial charge >= 0.3 is 12.1 Å². The number of ether oxygens (including phenoxy) is 3. The maximum Gasteiger partial charge on any atom is 0.410 e. The van der Waals surface area contributed by atoms with Crippen LogP contribution >= 0.6 is 0 Å². The summed E-state index contributed by atoms with van der Waals surface area (Å²) in [5, 5.41) is 22.7. The molecule has 2 unspecified atom stereocenters. The number of aryl methyl sites for hydroxylation is 2. The first-order valence-electron chi connectivity index (χ1n) is 17.4. The SMILES string of the molecule is [2H]C([2H])([2H])c1cc(C(=O)OC)cc(-c2cnn(C)c2OCCCC(C)CNc2cc(CC3CNCCN3C(=O)OC(C)(C)C)ccc2[N+](=O)[O-])n1. The molecule has 2 N–H and O–H groups in total. The predicted molar refractivity (Wildman–Crippen MR) is 181 cm³/mol. The maximum absolute atomic E-state index is 12.9. The highest BCUT2D eigenvalue weighted by Gasteiger charge is 2.31. The van der Waals surface area contributed by atoms with Gasteiger partial charge in [-0.3, -0.25) is 15.1 Å². The molecule has 260 valence electrons. The molecule has 0 spiro atoms. The minimum Gasteiger partial charge on any atom is -0.477 e. The molecule has 1 aliphatic rings. The van der Waals surface area contributed by atoms with Gasteiger partial charge in [0.1, 0.15) is 11.3 Å². The van der Waals surface area contributed by atoms with Crippen molar-refractivity contribution in [2.24, 2.45) is 13.0 Å². The largest absolute Gasteiger partial charge is 0.477 e. The van der Waals surface area contributed by atoms with Gasteiger partial charge in [-0.05, 0) is 76.6 Å². The highest BCUT2D eigenvalue weighted by Crippen LogP contribution is 2.30. The Hall–Kier alpha value is -4.72. The van der Waals surface area contributed by atoms with Crippen molar-refractivity contribution >= 4 is 23.4 Å². The molecule has 4 rings (SSSR count). The Kier molecular flexibility index (Phi) is 10.6. The lowest BCUT2D eigenvalue weighted by atomic mass is 10.0. The van der Waals surface area contributed by atoms with Crippen molar-refractivity contribution in [1.29, 1.82) is 0 Å². The fraction of sp³-hybridized carbons (Fsp3) is 0.529. The summed E-state index contributed by atoms with van der Waals surface area (Å²) in [7, 11) is 2.89. The summed E-state index contributed by atoms with van der Waals surface area (Å²) in [6, 6.07) is 7.46. The minimum atomic E-state index is -2.55. The second kappa shape index (κ2) is 15.9. The van der Waals surface area contributed by atoms with Gasteiger partial charge in [0.25, 0.3) is 5.69 Å². The second-order valence-electron chi connectivity index (χ2n) is 12.9. The molecule has 2 aromatic heterocycles. The van der Waals surface area contributed by atoms with E-state index in [4.69, 9.17) is 18.3 Å². The number of nitro benzene ring substituents is 1. The molecule has 1 saturated heterocycles. The number of esters is 1. The van der Waals surface area contributed by atoms with E-state index in [1.54, 1.807) is 24.1 Å². The number of nitrogens with zero attached hydrogens (tertiary/aromatic N) is 5.